The van der Waals surface area contributed by atoms with Gasteiger partial charge in [0.15, 0.2) is 0 Å². The van der Waals surface area contributed by atoms with Crippen molar-refractivity contribution in [2.45, 2.75) is 39.8 Å². The summed E-state index contributed by atoms with van der Waals surface area (Å²) in [6.07, 6.45) is 4.18. The summed E-state index contributed by atoms with van der Waals surface area (Å²) < 4.78 is 7.52. The molecule has 0 saturated carbocycles. The molecular formula is C20H28N4O2. The van der Waals surface area contributed by atoms with Crippen LogP contribution in [0.4, 0.5) is 0 Å². The van der Waals surface area contributed by atoms with Crippen molar-refractivity contribution < 1.29 is 9.53 Å². The lowest BCUT2D eigenvalue weighted by molar-refractivity contribution is -0.121. The SMILES string of the molecule is CCCCN(CC)CCNC(=O)Cn1ncc2c1-c1ccccc1OC2. The number of aromatic nitrogens is 2. The molecule has 140 valence electrons. The zero-order valence-electron chi connectivity index (χ0n) is 15.7. The highest BCUT2D eigenvalue weighted by molar-refractivity contribution is 5.78. The molecule has 0 bridgehead atoms. The highest BCUT2D eigenvalue weighted by Gasteiger charge is 2.22. The highest BCUT2D eigenvalue weighted by atomic mass is 16.5. The van der Waals surface area contributed by atoms with Crippen LogP contribution in [0.2, 0.25) is 0 Å². The number of nitrogens with zero attached hydrogens (tertiary/aromatic N) is 3. The minimum atomic E-state index is -0.00795. The van der Waals surface area contributed by atoms with Crippen LogP contribution in [0.25, 0.3) is 11.3 Å². The third-order valence-corrected chi connectivity index (χ3v) is 4.76. The van der Waals surface area contributed by atoms with Crippen molar-refractivity contribution in [2.24, 2.45) is 0 Å². The van der Waals surface area contributed by atoms with E-state index in [1.54, 1.807) is 10.9 Å². The van der Waals surface area contributed by atoms with Crippen LogP contribution in [0.3, 0.4) is 0 Å². The summed E-state index contributed by atoms with van der Waals surface area (Å²) in [6, 6.07) is 7.89. The number of benzene rings is 1. The van der Waals surface area contributed by atoms with Crippen molar-refractivity contribution in [3.8, 4) is 17.0 Å². The Hall–Kier alpha value is -2.34. The van der Waals surface area contributed by atoms with Gasteiger partial charge in [0, 0.05) is 24.2 Å². The van der Waals surface area contributed by atoms with E-state index in [2.05, 4.69) is 29.2 Å². The number of carbonyl (C=O) groups excluding carboxylic acids is 1. The topological polar surface area (TPSA) is 59.4 Å². The molecule has 1 aromatic carbocycles. The van der Waals surface area contributed by atoms with E-state index in [1.807, 2.05) is 24.3 Å². The molecule has 0 atom stereocenters. The molecule has 0 aliphatic carbocycles. The summed E-state index contributed by atoms with van der Waals surface area (Å²) in [5, 5.41) is 7.42. The number of likely N-dealkylation sites (N-methyl/N-ethyl adjacent to an activating group) is 1. The minimum Gasteiger partial charge on any atom is -0.488 e. The van der Waals surface area contributed by atoms with E-state index in [-0.39, 0.29) is 12.5 Å². The Morgan fingerprint density at radius 3 is 2.96 bits per heavy atom. The lowest BCUT2D eigenvalue weighted by Gasteiger charge is -2.20. The normalized spacial score (nSPS) is 12.4. The minimum absolute atomic E-state index is 0.00795. The maximum absolute atomic E-state index is 12.4. The van der Waals surface area contributed by atoms with Crippen molar-refractivity contribution in [1.82, 2.24) is 20.0 Å². The molecule has 0 fully saturated rings. The molecule has 6 nitrogen and oxygen atoms in total. The van der Waals surface area contributed by atoms with Crippen molar-refractivity contribution >= 4 is 5.91 Å². The molecule has 2 heterocycles. The Balaban J connectivity index is 1.57. The van der Waals surface area contributed by atoms with Crippen molar-refractivity contribution in [3.05, 3.63) is 36.0 Å². The average molecular weight is 356 g/mol. The molecule has 26 heavy (non-hydrogen) atoms. The second kappa shape index (κ2) is 8.85. The van der Waals surface area contributed by atoms with Crippen LogP contribution < -0.4 is 10.1 Å². The predicted octanol–water partition coefficient (Wildman–Crippen LogP) is 2.68. The van der Waals surface area contributed by atoms with E-state index >= 15 is 0 Å². The molecule has 0 radical (unpaired) electrons. The first-order valence-corrected chi connectivity index (χ1v) is 9.48. The second-order valence-electron chi connectivity index (χ2n) is 6.60. The summed E-state index contributed by atoms with van der Waals surface area (Å²) >= 11 is 0. The number of carbonyl (C=O) groups is 1. The summed E-state index contributed by atoms with van der Waals surface area (Å²) in [6.45, 7) is 8.74. The molecular weight excluding hydrogens is 328 g/mol. The number of rotatable bonds is 9. The van der Waals surface area contributed by atoms with Crippen LogP contribution in [-0.2, 0) is 17.9 Å². The van der Waals surface area contributed by atoms with Crippen LogP contribution in [0, 0.1) is 0 Å². The van der Waals surface area contributed by atoms with Gasteiger partial charge in [0.1, 0.15) is 18.9 Å². The maximum atomic E-state index is 12.4. The van der Waals surface area contributed by atoms with Crippen LogP contribution in [0.5, 0.6) is 5.75 Å². The molecule has 1 N–H and O–H groups in total. The van der Waals surface area contributed by atoms with E-state index in [0.29, 0.717) is 13.2 Å². The molecule has 0 saturated heterocycles. The highest BCUT2D eigenvalue weighted by Crippen LogP contribution is 2.36. The number of amides is 1. The predicted molar refractivity (Wildman–Crippen MR) is 102 cm³/mol. The molecule has 1 amide bonds. The first-order chi connectivity index (χ1) is 12.7. The molecule has 0 spiro atoms. The van der Waals surface area contributed by atoms with Crippen molar-refractivity contribution in [1.29, 1.82) is 0 Å². The van der Waals surface area contributed by atoms with Gasteiger partial charge in [-0.3, -0.25) is 9.48 Å². The van der Waals surface area contributed by atoms with Gasteiger partial charge in [-0.2, -0.15) is 5.10 Å². The van der Waals surface area contributed by atoms with Crippen molar-refractivity contribution in [2.75, 3.05) is 26.2 Å². The standard InChI is InChI=1S/C20H28N4O2/c1-3-5-11-23(4-2)12-10-21-19(25)14-24-20-16(13-22-24)15-26-18-9-7-6-8-17(18)20/h6-9,13H,3-5,10-12,14-15H2,1-2H3,(H,21,25). The smallest absolute Gasteiger partial charge is 0.241 e. The maximum Gasteiger partial charge on any atom is 0.241 e. The summed E-state index contributed by atoms with van der Waals surface area (Å²) in [4.78, 5) is 14.7. The number of para-hydroxylation sites is 1. The summed E-state index contributed by atoms with van der Waals surface area (Å²) in [7, 11) is 0. The number of hydrogen-bond acceptors (Lipinski definition) is 4. The fourth-order valence-corrected chi connectivity index (χ4v) is 3.26. The molecule has 0 unspecified atom stereocenters. The molecule has 6 heteroatoms. The number of hydrogen-bond donors (Lipinski definition) is 1. The third-order valence-electron chi connectivity index (χ3n) is 4.76. The molecule has 1 aliphatic heterocycles. The molecule has 1 aliphatic rings. The van der Waals surface area contributed by atoms with Gasteiger partial charge in [-0.25, -0.2) is 0 Å². The van der Waals surface area contributed by atoms with Gasteiger partial charge < -0.3 is 15.0 Å². The van der Waals surface area contributed by atoms with Gasteiger partial charge in [0.25, 0.3) is 0 Å². The van der Waals surface area contributed by atoms with Gasteiger partial charge in [0.05, 0.1) is 11.9 Å². The zero-order chi connectivity index (χ0) is 18.4. The number of unbranched alkanes of at least 4 members (excludes halogenated alkanes) is 1. The monoisotopic (exact) mass is 356 g/mol. The Morgan fingerprint density at radius 2 is 2.15 bits per heavy atom. The van der Waals surface area contributed by atoms with Gasteiger partial charge in [-0.05, 0) is 31.6 Å². The molecule has 2 aromatic rings. The zero-order valence-corrected chi connectivity index (χ0v) is 15.7. The summed E-state index contributed by atoms with van der Waals surface area (Å²) in [5.41, 5.74) is 3.00. The van der Waals surface area contributed by atoms with Crippen molar-refractivity contribution in [3.63, 3.8) is 0 Å². The van der Waals surface area contributed by atoms with E-state index in [9.17, 15) is 4.79 Å². The number of ether oxygens (including phenoxy) is 1. The van der Waals surface area contributed by atoms with E-state index in [0.717, 1.165) is 42.2 Å². The lowest BCUT2D eigenvalue weighted by Crippen LogP contribution is -2.37. The quantitative estimate of drug-likeness (QED) is 0.750. The molecule has 3 rings (SSSR count). The van der Waals surface area contributed by atoms with Crippen LogP contribution in [0.1, 0.15) is 32.3 Å². The number of nitrogens with one attached hydrogen (secondary N) is 1. The Labute approximate surface area is 155 Å². The van der Waals surface area contributed by atoms with Crippen LogP contribution >= 0.6 is 0 Å². The summed E-state index contributed by atoms with van der Waals surface area (Å²) in [5.74, 6) is 0.836. The molecule has 1 aromatic heterocycles. The van der Waals surface area contributed by atoms with Gasteiger partial charge in [0.2, 0.25) is 5.91 Å². The first-order valence-electron chi connectivity index (χ1n) is 9.48. The van der Waals surface area contributed by atoms with Gasteiger partial charge in [-0.1, -0.05) is 32.4 Å². The second-order valence-corrected chi connectivity index (χ2v) is 6.60. The Bertz CT molecular complexity index is 741. The van der Waals surface area contributed by atoms with E-state index in [4.69, 9.17) is 4.74 Å². The Kier molecular flexibility index (Phi) is 6.28. The third kappa shape index (κ3) is 4.25. The first kappa shape index (κ1) is 18.5. The van der Waals surface area contributed by atoms with Crippen LogP contribution in [-0.4, -0.2) is 46.8 Å². The largest absolute Gasteiger partial charge is 0.488 e. The fourth-order valence-electron chi connectivity index (χ4n) is 3.26. The van der Waals surface area contributed by atoms with Gasteiger partial charge in [-0.15, -0.1) is 0 Å². The average Bonchev–Trinajstić information content (AvgIpc) is 3.07. The van der Waals surface area contributed by atoms with Crippen LogP contribution in [0.15, 0.2) is 30.5 Å². The lowest BCUT2D eigenvalue weighted by atomic mass is 10.0. The van der Waals surface area contributed by atoms with E-state index in [1.165, 1.54) is 12.8 Å². The fraction of sp³-hybridized carbons (Fsp3) is 0.500. The van der Waals surface area contributed by atoms with E-state index < -0.39 is 0 Å². The Morgan fingerprint density at radius 1 is 1.31 bits per heavy atom. The van der Waals surface area contributed by atoms with Gasteiger partial charge >= 0.3 is 0 Å². The number of fused-ring (bicyclic) bond motifs is 3.